The Morgan fingerprint density at radius 3 is 2.27 bits per heavy atom. The lowest BCUT2D eigenvalue weighted by atomic mass is 9.95. The Hall–Kier alpha value is -1.70. The Bertz CT molecular complexity index is 685. The maximum atomic E-state index is 12.9. The van der Waals surface area contributed by atoms with Crippen LogP contribution in [0.15, 0.2) is 48.5 Å². The highest BCUT2D eigenvalue weighted by Crippen LogP contribution is 2.36. The monoisotopic (exact) mass is 334 g/mol. The summed E-state index contributed by atoms with van der Waals surface area (Å²) in [7, 11) is 1.42. The predicted octanol–water partition coefficient (Wildman–Crippen LogP) is 4.89. The van der Waals surface area contributed by atoms with E-state index in [1.807, 2.05) is 6.07 Å². The summed E-state index contributed by atoms with van der Waals surface area (Å²) in [6.45, 7) is 1.77. The van der Waals surface area contributed by atoms with Crippen molar-refractivity contribution in [3.05, 3.63) is 65.2 Å². The van der Waals surface area contributed by atoms with E-state index >= 15 is 0 Å². The maximum absolute atomic E-state index is 12.9. The van der Waals surface area contributed by atoms with E-state index in [0.29, 0.717) is 22.4 Å². The van der Waals surface area contributed by atoms with Crippen molar-refractivity contribution in [3.63, 3.8) is 0 Å². The first-order valence-electron chi connectivity index (χ1n) is 6.83. The second-order valence-electron chi connectivity index (χ2n) is 4.84. The summed E-state index contributed by atoms with van der Waals surface area (Å²) in [5, 5.41) is -0.356. The van der Waals surface area contributed by atoms with Gasteiger partial charge in [-0.15, -0.1) is 11.6 Å². The molecule has 0 aliphatic heterocycles. The van der Waals surface area contributed by atoms with E-state index in [1.165, 1.54) is 7.11 Å². The third-order valence-electron chi connectivity index (χ3n) is 3.42. The Morgan fingerprint density at radius 2 is 1.68 bits per heavy atom. The molecule has 0 spiro atoms. The molecule has 2 rings (SSSR count). The van der Waals surface area contributed by atoms with Gasteiger partial charge in [-0.2, -0.15) is 0 Å². The van der Waals surface area contributed by atoms with Crippen molar-refractivity contribution in [3.8, 4) is 5.75 Å². The fourth-order valence-corrected chi connectivity index (χ4v) is 3.11. The third-order valence-corrected chi connectivity index (χ3v) is 4.80. The summed E-state index contributed by atoms with van der Waals surface area (Å²) in [4.78, 5) is 12.9. The van der Waals surface area contributed by atoms with Crippen LogP contribution in [-0.2, 0) is 4.57 Å². The molecule has 0 amide bonds. The molecule has 0 saturated carbocycles. The fraction of sp³-hybridized carbons (Fsp3) is 0.235. The van der Waals surface area contributed by atoms with Crippen LogP contribution in [0.25, 0.3) is 0 Å². The summed E-state index contributed by atoms with van der Waals surface area (Å²) in [6.07, 6.45) is 0. The van der Waals surface area contributed by atoms with Crippen LogP contribution in [0.4, 0.5) is 0 Å². The maximum Gasteiger partial charge on any atom is 0.197 e. The first kappa shape index (κ1) is 16.7. The molecule has 2 aromatic carbocycles. The average Bonchev–Trinajstić information content (AvgIpc) is 2.55. The zero-order valence-electron chi connectivity index (χ0n) is 12.3. The van der Waals surface area contributed by atoms with Crippen molar-refractivity contribution in [2.24, 2.45) is 0 Å². The molecule has 22 heavy (non-hydrogen) atoms. The molecule has 3 nitrogen and oxygen atoms in total. The van der Waals surface area contributed by atoms with Crippen molar-refractivity contribution in [2.45, 2.75) is 18.0 Å². The number of methoxy groups -OCH3 is 1. The molecular weight excluding hydrogens is 319 g/mol. The second kappa shape index (κ2) is 7.53. The van der Waals surface area contributed by atoms with Crippen molar-refractivity contribution in [2.75, 3.05) is 7.11 Å². The van der Waals surface area contributed by atoms with Gasteiger partial charge in [0.2, 0.25) is 0 Å². The van der Waals surface area contributed by atoms with E-state index in [2.05, 4.69) is 0 Å². The topological polar surface area (TPSA) is 43.4 Å². The molecule has 2 aromatic rings. The van der Waals surface area contributed by atoms with Gasteiger partial charge in [0.25, 0.3) is 0 Å². The van der Waals surface area contributed by atoms with Gasteiger partial charge in [0.15, 0.2) is 14.2 Å². The first-order valence-corrected chi connectivity index (χ1v) is 8.15. The van der Waals surface area contributed by atoms with E-state index in [0.717, 1.165) is 0 Å². The van der Waals surface area contributed by atoms with Crippen LogP contribution in [-0.4, -0.2) is 18.3 Å². The minimum atomic E-state index is -0.434. The highest BCUT2D eigenvalue weighted by atomic mass is 35.5. The van der Waals surface area contributed by atoms with E-state index in [1.54, 1.807) is 49.4 Å². The average molecular weight is 335 g/mol. The molecule has 0 N–H and O–H groups in total. The number of ether oxygens (including phenoxy) is 1. The number of alkyl halides is 1. The van der Waals surface area contributed by atoms with Crippen LogP contribution < -0.4 is 4.74 Å². The lowest BCUT2D eigenvalue weighted by Gasteiger charge is -2.16. The summed E-state index contributed by atoms with van der Waals surface area (Å²) >= 11 is 6.12. The molecule has 0 fully saturated rings. The molecule has 0 aromatic heterocycles. The number of rotatable bonds is 6. The molecule has 2 unspecified atom stereocenters. The predicted molar refractivity (Wildman–Crippen MR) is 88.5 cm³/mol. The Kier molecular flexibility index (Phi) is 5.70. The van der Waals surface area contributed by atoms with E-state index in [-0.39, 0.29) is 19.6 Å². The Morgan fingerprint density at radius 1 is 1.09 bits per heavy atom. The van der Waals surface area contributed by atoms with Gasteiger partial charge < -0.3 is 4.74 Å². The van der Waals surface area contributed by atoms with Crippen LogP contribution in [0.3, 0.4) is 0 Å². The lowest BCUT2D eigenvalue weighted by Crippen LogP contribution is -2.11. The van der Waals surface area contributed by atoms with Crippen LogP contribution >= 0.6 is 20.1 Å². The van der Waals surface area contributed by atoms with Gasteiger partial charge in [-0.1, -0.05) is 36.4 Å². The quantitative estimate of drug-likeness (QED) is 0.429. The van der Waals surface area contributed by atoms with Crippen LogP contribution in [0, 0.1) is 0 Å². The van der Waals surface area contributed by atoms with E-state index in [9.17, 15) is 9.36 Å². The molecule has 114 valence electrons. The number of carbonyl (C=O) groups is 1. The van der Waals surface area contributed by atoms with Gasteiger partial charge in [0.05, 0.1) is 18.3 Å². The number of hydrogen-bond acceptors (Lipinski definition) is 3. The molecule has 0 saturated heterocycles. The number of benzene rings is 2. The lowest BCUT2D eigenvalue weighted by molar-refractivity contribution is 0.103. The zero-order valence-corrected chi connectivity index (χ0v) is 14.0. The highest BCUT2D eigenvalue weighted by molar-refractivity contribution is 7.24. The smallest absolute Gasteiger partial charge is 0.197 e. The Labute approximate surface area is 136 Å². The zero-order chi connectivity index (χ0) is 16.1. The van der Waals surface area contributed by atoms with Crippen molar-refractivity contribution >= 4 is 25.8 Å². The molecule has 5 heteroatoms. The first-order chi connectivity index (χ1) is 10.6. The molecule has 0 bridgehead atoms. The molecular formula is C17H16ClO3P. The third kappa shape index (κ3) is 3.37. The molecule has 0 aliphatic carbocycles. The number of para-hydroxylation sites is 1. The van der Waals surface area contributed by atoms with Gasteiger partial charge in [-0.3, -0.25) is 9.36 Å². The summed E-state index contributed by atoms with van der Waals surface area (Å²) in [6, 6.07) is 14.1. The normalized spacial score (nSPS) is 13.6. The van der Waals surface area contributed by atoms with Gasteiger partial charge in [-0.05, 0) is 24.6 Å². The minimum Gasteiger partial charge on any atom is -0.496 e. The van der Waals surface area contributed by atoms with Gasteiger partial charge >= 0.3 is 0 Å². The molecule has 0 heterocycles. The summed E-state index contributed by atoms with van der Waals surface area (Å²) in [5.41, 5.74) is 1.21. The van der Waals surface area contributed by atoms with Crippen molar-refractivity contribution in [1.82, 2.24) is 0 Å². The van der Waals surface area contributed by atoms with Crippen molar-refractivity contribution in [1.29, 1.82) is 0 Å². The number of halogens is 1. The van der Waals surface area contributed by atoms with Crippen molar-refractivity contribution < 1.29 is 14.1 Å². The van der Waals surface area contributed by atoms with Crippen LogP contribution in [0.5, 0.6) is 5.75 Å². The van der Waals surface area contributed by atoms with Crippen LogP contribution in [0.2, 0.25) is 0 Å². The minimum absolute atomic E-state index is 0.106. The Balaban J connectivity index is 2.53. The standard InChI is InChI=1S/C17H16ClO3P/c1-11(18)17(22-20)13-8-4-3-7-12(13)16(19)14-9-5-6-10-15(14)21-2/h3-11,17H,1-2H3. The number of carbonyl (C=O) groups excluding carboxylic acids is 1. The SMILES string of the molecule is COc1ccccc1C(=O)c1ccccc1C(P=O)C(C)Cl. The molecule has 0 aliphatic rings. The van der Waals surface area contributed by atoms with Gasteiger partial charge in [0, 0.05) is 10.9 Å². The van der Waals surface area contributed by atoms with Gasteiger partial charge in [-0.25, -0.2) is 0 Å². The second-order valence-corrected chi connectivity index (χ2v) is 6.30. The summed E-state index contributed by atoms with van der Waals surface area (Å²) in [5.74, 6) is 0.344. The van der Waals surface area contributed by atoms with E-state index < -0.39 is 5.66 Å². The highest BCUT2D eigenvalue weighted by Gasteiger charge is 2.25. The van der Waals surface area contributed by atoms with E-state index in [4.69, 9.17) is 16.3 Å². The van der Waals surface area contributed by atoms with Crippen LogP contribution in [0.1, 0.15) is 34.1 Å². The number of ketones is 1. The van der Waals surface area contributed by atoms with Gasteiger partial charge in [0.1, 0.15) is 5.75 Å². The fourth-order valence-electron chi connectivity index (χ4n) is 2.33. The molecule has 0 radical (unpaired) electrons. The number of hydrogen-bond donors (Lipinski definition) is 0. The molecule has 2 atom stereocenters. The largest absolute Gasteiger partial charge is 0.496 e. The summed E-state index contributed by atoms with van der Waals surface area (Å²) < 4.78 is 16.7.